The number of aryl methyl sites for hydroxylation is 1. The van der Waals surface area contributed by atoms with E-state index in [1.165, 1.54) is 5.56 Å². The second kappa shape index (κ2) is 11.5. The van der Waals surface area contributed by atoms with Gasteiger partial charge >= 0.3 is 6.03 Å². The van der Waals surface area contributed by atoms with Crippen LogP contribution in [0, 0.1) is 6.92 Å². The summed E-state index contributed by atoms with van der Waals surface area (Å²) >= 11 is 0. The summed E-state index contributed by atoms with van der Waals surface area (Å²) in [6.45, 7) is 5.00. The quantitative estimate of drug-likeness (QED) is 0.302. The molecule has 0 unspecified atom stereocenters. The Morgan fingerprint density at radius 2 is 1.83 bits per heavy atom. The standard InChI is InChI=1S/C30H33N9O2/c1-20-27(22-16-25-29(31-17-22)37(2)36-34-25)35-39(23-12-8-5-9-13-23)28(20)33-30(40)32-26-19-38(14-15-41-3)18-24(26)21-10-6-4-7-11-21/h4-13,16-17,24,26H,14-15,18-19H2,1-3H3,(H2,32,33,40)/t24-,26+/m0/s1. The zero-order chi connectivity index (χ0) is 28.3. The maximum Gasteiger partial charge on any atom is 0.320 e. The van der Waals surface area contributed by atoms with Gasteiger partial charge in [0.25, 0.3) is 0 Å². The van der Waals surface area contributed by atoms with E-state index in [-0.39, 0.29) is 18.0 Å². The predicted octanol–water partition coefficient (Wildman–Crippen LogP) is 3.76. The van der Waals surface area contributed by atoms with Crippen molar-refractivity contribution in [1.29, 1.82) is 0 Å². The number of pyridine rings is 1. The highest BCUT2D eigenvalue weighted by Crippen LogP contribution is 2.32. The molecule has 41 heavy (non-hydrogen) atoms. The van der Waals surface area contributed by atoms with Crippen LogP contribution in [-0.2, 0) is 11.8 Å². The van der Waals surface area contributed by atoms with E-state index in [1.54, 1.807) is 22.7 Å². The highest BCUT2D eigenvalue weighted by molar-refractivity contribution is 5.91. The summed E-state index contributed by atoms with van der Waals surface area (Å²) in [7, 11) is 3.52. The van der Waals surface area contributed by atoms with E-state index < -0.39 is 0 Å². The number of hydrogen-bond acceptors (Lipinski definition) is 7. The minimum atomic E-state index is -0.279. The number of carbonyl (C=O) groups is 1. The number of ether oxygens (including phenoxy) is 1. The third-order valence-corrected chi connectivity index (χ3v) is 7.62. The largest absolute Gasteiger partial charge is 0.383 e. The number of anilines is 1. The van der Waals surface area contributed by atoms with Crippen molar-refractivity contribution in [3.05, 3.63) is 84.1 Å². The number of nitrogens with one attached hydrogen (secondary N) is 2. The lowest BCUT2D eigenvalue weighted by atomic mass is 9.94. The summed E-state index contributed by atoms with van der Waals surface area (Å²) < 4.78 is 8.70. The van der Waals surface area contributed by atoms with Crippen LogP contribution in [0.3, 0.4) is 0 Å². The Labute approximate surface area is 238 Å². The number of fused-ring (bicyclic) bond motifs is 1. The van der Waals surface area contributed by atoms with Gasteiger partial charge in [-0.1, -0.05) is 53.7 Å². The molecule has 1 aliphatic heterocycles. The second-order valence-corrected chi connectivity index (χ2v) is 10.3. The van der Waals surface area contributed by atoms with Crippen molar-refractivity contribution in [2.75, 3.05) is 38.7 Å². The van der Waals surface area contributed by atoms with E-state index in [2.05, 4.69) is 43.0 Å². The second-order valence-electron chi connectivity index (χ2n) is 10.3. The molecule has 3 aromatic heterocycles. The SMILES string of the molecule is COCCN1C[C@@H](NC(=O)Nc2c(C)c(-c3cnc4c(c3)nnn4C)nn2-c2ccccc2)[C@H](c2ccccc2)C1. The number of aromatic nitrogens is 6. The first-order valence-corrected chi connectivity index (χ1v) is 13.7. The van der Waals surface area contributed by atoms with Gasteiger partial charge in [-0.25, -0.2) is 19.1 Å². The predicted molar refractivity (Wildman–Crippen MR) is 157 cm³/mol. The van der Waals surface area contributed by atoms with Crippen LogP contribution in [0.5, 0.6) is 0 Å². The highest BCUT2D eigenvalue weighted by Gasteiger charge is 2.35. The topological polar surface area (TPSA) is 115 Å². The molecule has 6 rings (SSSR count). The summed E-state index contributed by atoms with van der Waals surface area (Å²) in [5.41, 5.74) is 5.73. The Bertz CT molecular complexity index is 1650. The number of benzene rings is 2. The molecule has 1 fully saturated rings. The lowest BCUT2D eigenvalue weighted by Gasteiger charge is -2.21. The number of carbonyl (C=O) groups excluding carboxylic acids is 1. The van der Waals surface area contributed by atoms with E-state index in [0.717, 1.165) is 36.4 Å². The van der Waals surface area contributed by atoms with Gasteiger partial charge in [-0.2, -0.15) is 5.10 Å². The number of urea groups is 1. The number of hydrogen-bond donors (Lipinski definition) is 2. The molecule has 1 aliphatic rings. The molecule has 2 N–H and O–H groups in total. The number of para-hydroxylation sites is 1. The lowest BCUT2D eigenvalue weighted by Crippen LogP contribution is -2.42. The molecule has 11 nitrogen and oxygen atoms in total. The average molecular weight is 552 g/mol. The number of methoxy groups -OCH3 is 1. The third kappa shape index (κ3) is 5.41. The third-order valence-electron chi connectivity index (χ3n) is 7.62. The van der Waals surface area contributed by atoms with Gasteiger partial charge in [0, 0.05) is 57.0 Å². The van der Waals surface area contributed by atoms with Crippen molar-refractivity contribution in [1.82, 2.24) is 40.0 Å². The Kier molecular flexibility index (Phi) is 7.45. The summed E-state index contributed by atoms with van der Waals surface area (Å²) in [4.78, 5) is 20.5. The van der Waals surface area contributed by atoms with Crippen molar-refractivity contribution in [2.45, 2.75) is 18.9 Å². The van der Waals surface area contributed by atoms with Gasteiger partial charge < -0.3 is 10.1 Å². The number of rotatable bonds is 8. The van der Waals surface area contributed by atoms with Crippen LogP contribution in [0.4, 0.5) is 10.6 Å². The van der Waals surface area contributed by atoms with Gasteiger partial charge in [0.05, 0.1) is 24.0 Å². The van der Waals surface area contributed by atoms with E-state index in [0.29, 0.717) is 29.3 Å². The molecule has 0 aliphatic carbocycles. The van der Waals surface area contributed by atoms with Gasteiger partial charge in [0.15, 0.2) is 5.65 Å². The highest BCUT2D eigenvalue weighted by atomic mass is 16.5. The molecule has 0 saturated carbocycles. The summed E-state index contributed by atoms with van der Waals surface area (Å²) in [6.07, 6.45) is 1.76. The molecule has 210 valence electrons. The number of nitrogens with zero attached hydrogens (tertiary/aromatic N) is 7. The molecule has 1 saturated heterocycles. The minimum absolute atomic E-state index is 0.0645. The van der Waals surface area contributed by atoms with Crippen LogP contribution < -0.4 is 10.6 Å². The minimum Gasteiger partial charge on any atom is -0.383 e. The zero-order valence-electron chi connectivity index (χ0n) is 23.4. The normalized spacial score (nSPS) is 17.2. The van der Waals surface area contributed by atoms with Crippen molar-refractivity contribution >= 4 is 23.0 Å². The van der Waals surface area contributed by atoms with Crippen LogP contribution >= 0.6 is 0 Å². The van der Waals surface area contributed by atoms with Crippen molar-refractivity contribution in [3.63, 3.8) is 0 Å². The molecule has 2 aromatic carbocycles. The molecule has 0 bridgehead atoms. The van der Waals surface area contributed by atoms with Crippen molar-refractivity contribution in [2.24, 2.45) is 7.05 Å². The Balaban J connectivity index is 1.30. The van der Waals surface area contributed by atoms with Gasteiger partial charge in [0.1, 0.15) is 11.3 Å². The van der Waals surface area contributed by atoms with E-state index in [4.69, 9.17) is 9.84 Å². The fourth-order valence-electron chi connectivity index (χ4n) is 5.51. The van der Waals surface area contributed by atoms with Gasteiger partial charge in [-0.3, -0.25) is 10.2 Å². The van der Waals surface area contributed by atoms with Crippen LogP contribution in [0.2, 0.25) is 0 Å². The molecular formula is C30H33N9O2. The first-order chi connectivity index (χ1) is 20.0. The molecule has 5 aromatic rings. The summed E-state index contributed by atoms with van der Waals surface area (Å²) in [5.74, 6) is 0.757. The molecule has 4 heterocycles. The fraction of sp³-hybridized carbons (Fsp3) is 0.300. The van der Waals surface area contributed by atoms with E-state index in [1.807, 2.05) is 68.6 Å². The number of likely N-dealkylation sites (tertiary alicyclic amines) is 1. The molecular weight excluding hydrogens is 518 g/mol. The summed E-state index contributed by atoms with van der Waals surface area (Å²) in [5, 5.41) is 19.6. The molecule has 2 atom stereocenters. The maximum atomic E-state index is 13.6. The van der Waals surface area contributed by atoms with Gasteiger partial charge in [-0.15, -0.1) is 5.10 Å². The van der Waals surface area contributed by atoms with Crippen LogP contribution in [0.15, 0.2) is 72.9 Å². The average Bonchev–Trinajstić information content (AvgIpc) is 3.68. The Hall–Kier alpha value is -4.61. The first kappa shape index (κ1) is 26.6. The summed E-state index contributed by atoms with van der Waals surface area (Å²) in [6, 6.07) is 21.7. The van der Waals surface area contributed by atoms with Crippen molar-refractivity contribution in [3.8, 4) is 16.9 Å². The van der Waals surface area contributed by atoms with Gasteiger partial charge in [0.2, 0.25) is 0 Å². The lowest BCUT2D eigenvalue weighted by molar-refractivity contribution is 0.159. The smallest absolute Gasteiger partial charge is 0.320 e. The zero-order valence-corrected chi connectivity index (χ0v) is 23.4. The Morgan fingerprint density at radius 3 is 2.59 bits per heavy atom. The van der Waals surface area contributed by atoms with Crippen LogP contribution in [0.1, 0.15) is 17.0 Å². The van der Waals surface area contributed by atoms with Crippen LogP contribution in [-0.4, -0.2) is 80.1 Å². The maximum absolute atomic E-state index is 13.6. The first-order valence-electron chi connectivity index (χ1n) is 13.7. The van der Waals surface area contributed by atoms with Crippen molar-refractivity contribution < 1.29 is 9.53 Å². The van der Waals surface area contributed by atoms with Gasteiger partial charge in [-0.05, 0) is 30.7 Å². The van der Waals surface area contributed by atoms with E-state index >= 15 is 0 Å². The molecule has 2 amide bonds. The Morgan fingerprint density at radius 1 is 1.07 bits per heavy atom. The van der Waals surface area contributed by atoms with E-state index in [9.17, 15) is 4.79 Å². The fourth-order valence-corrected chi connectivity index (χ4v) is 5.51. The van der Waals surface area contributed by atoms with Crippen LogP contribution in [0.25, 0.3) is 28.1 Å². The molecule has 0 radical (unpaired) electrons. The molecule has 0 spiro atoms. The molecule has 11 heteroatoms. The number of amides is 2. The monoisotopic (exact) mass is 551 g/mol.